The molecule has 0 aromatic heterocycles. The highest BCUT2D eigenvalue weighted by atomic mass is 32.2. The molecular formula is C12H20S. The lowest BCUT2D eigenvalue weighted by Gasteiger charge is -2.00. The van der Waals surface area contributed by atoms with Gasteiger partial charge < -0.3 is 0 Å². The first-order valence-electron chi connectivity index (χ1n) is 5.08. The SMILES string of the molecule is CC.CCSc1cccc(CC)c1. The van der Waals surface area contributed by atoms with E-state index in [1.54, 1.807) is 0 Å². The fourth-order valence-corrected chi connectivity index (χ4v) is 1.76. The van der Waals surface area contributed by atoms with Crippen molar-refractivity contribution in [3.8, 4) is 0 Å². The van der Waals surface area contributed by atoms with Crippen LogP contribution in [0.4, 0.5) is 0 Å². The first kappa shape index (κ1) is 12.6. The van der Waals surface area contributed by atoms with Crippen LogP contribution < -0.4 is 0 Å². The van der Waals surface area contributed by atoms with Gasteiger partial charge in [0.1, 0.15) is 0 Å². The van der Waals surface area contributed by atoms with E-state index in [1.165, 1.54) is 10.5 Å². The van der Waals surface area contributed by atoms with Crippen molar-refractivity contribution < 1.29 is 0 Å². The lowest BCUT2D eigenvalue weighted by Crippen LogP contribution is -1.79. The monoisotopic (exact) mass is 196 g/mol. The lowest BCUT2D eigenvalue weighted by molar-refractivity contribution is 1.12. The van der Waals surface area contributed by atoms with Crippen molar-refractivity contribution in [2.75, 3.05) is 5.75 Å². The van der Waals surface area contributed by atoms with Crippen LogP contribution in [0, 0.1) is 0 Å². The fraction of sp³-hybridized carbons (Fsp3) is 0.500. The van der Waals surface area contributed by atoms with Gasteiger partial charge in [0.25, 0.3) is 0 Å². The molecule has 0 aliphatic rings. The summed E-state index contributed by atoms with van der Waals surface area (Å²) in [5.74, 6) is 1.16. The molecule has 0 radical (unpaired) electrons. The summed E-state index contributed by atoms with van der Waals surface area (Å²) in [5, 5.41) is 0. The lowest BCUT2D eigenvalue weighted by atomic mass is 10.2. The third-order valence-electron chi connectivity index (χ3n) is 1.62. The van der Waals surface area contributed by atoms with E-state index in [0.29, 0.717) is 0 Å². The standard InChI is InChI=1S/C10H14S.C2H6/c1-3-9-6-5-7-10(8-9)11-4-2;1-2/h5-8H,3-4H2,1-2H3;1-2H3. The van der Waals surface area contributed by atoms with Gasteiger partial charge in [-0.15, -0.1) is 11.8 Å². The molecule has 13 heavy (non-hydrogen) atoms. The van der Waals surface area contributed by atoms with Gasteiger partial charge in [-0.3, -0.25) is 0 Å². The number of aryl methyl sites for hydroxylation is 1. The molecule has 0 aliphatic carbocycles. The molecule has 1 rings (SSSR count). The van der Waals surface area contributed by atoms with E-state index in [0.717, 1.165) is 12.2 Å². The Labute approximate surface area is 86.7 Å². The molecule has 0 saturated heterocycles. The van der Waals surface area contributed by atoms with Crippen LogP contribution in [0.15, 0.2) is 29.2 Å². The van der Waals surface area contributed by atoms with E-state index in [2.05, 4.69) is 38.1 Å². The summed E-state index contributed by atoms with van der Waals surface area (Å²) in [7, 11) is 0. The van der Waals surface area contributed by atoms with Crippen molar-refractivity contribution in [1.29, 1.82) is 0 Å². The third-order valence-corrected chi connectivity index (χ3v) is 2.49. The summed E-state index contributed by atoms with van der Waals surface area (Å²) >= 11 is 1.90. The molecule has 0 fully saturated rings. The highest BCUT2D eigenvalue weighted by Gasteiger charge is 1.92. The molecule has 0 unspecified atom stereocenters. The molecule has 1 aromatic carbocycles. The minimum Gasteiger partial charge on any atom is -0.126 e. The van der Waals surface area contributed by atoms with Crippen LogP contribution in [0.2, 0.25) is 0 Å². The maximum absolute atomic E-state index is 2.27. The molecule has 0 N–H and O–H groups in total. The van der Waals surface area contributed by atoms with Crippen LogP contribution in [0.25, 0.3) is 0 Å². The highest BCUT2D eigenvalue weighted by molar-refractivity contribution is 7.99. The second-order valence-corrected chi connectivity index (χ2v) is 3.77. The zero-order chi connectivity index (χ0) is 10.1. The van der Waals surface area contributed by atoms with Gasteiger partial charge in [0.15, 0.2) is 0 Å². The minimum absolute atomic E-state index is 1.14. The molecule has 0 amide bonds. The second kappa shape index (κ2) is 8.18. The zero-order valence-electron chi connectivity index (χ0n) is 9.13. The average Bonchev–Trinajstić information content (AvgIpc) is 2.22. The summed E-state index contributed by atoms with van der Waals surface area (Å²) < 4.78 is 0. The van der Waals surface area contributed by atoms with Crippen LogP contribution in [0.3, 0.4) is 0 Å². The average molecular weight is 196 g/mol. The molecule has 1 heteroatoms. The van der Waals surface area contributed by atoms with Gasteiger partial charge in [-0.1, -0.05) is 39.8 Å². The summed E-state index contributed by atoms with van der Waals surface area (Å²) in [6.07, 6.45) is 1.14. The van der Waals surface area contributed by atoms with Crippen molar-refractivity contribution in [3.05, 3.63) is 29.8 Å². The van der Waals surface area contributed by atoms with Crippen molar-refractivity contribution in [1.82, 2.24) is 0 Å². The van der Waals surface area contributed by atoms with E-state index in [4.69, 9.17) is 0 Å². The Kier molecular flexibility index (Phi) is 7.91. The minimum atomic E-state index is 1.14. The molecule has 1 aromatic rings. The Balaban J connectivity index is 0.000000671. The van der Waals surface area contributed by atoms with E-state index < -0.39 is 0 Å². The van der Waals surface area contributed by atoms with E-state index in [-0.39, 0.29) is 0 Å². The van der Waals surface area contributed by atoms with Crippen LogP contribution in [-0.4, -0.2) is 5.75 Å². The van der Waals surface area contributed by atoms with Crippen LogP contribution >= 0.6 is 11.8 Å². The van der Waals surface area contributed by atoms with E-state index in [9.17, 15) is 0 Å². The van der Waals surface area contributed by atoms with Gasteiger partial charge in [0.2, 0.25) is 0 Å². The Morgan fingerprint density at radius 2 is 1.85 bits per heavy atom. The maximum atomic E-state index is 2.27. The molecule has 0 bridgehead atoms. The molecule has 0 atom stereocenters. The second-order valence-electron chi connectivity index (χ2n) is 2.43. The number of hydrogen-bond donors (Lipinski definition) is 0. The van der Waals surface area contributed by atoms with Gasteiger partial charge in [-0.05, 0) is 29.9 Å². The summed E-state index contributed by atoms with van der Waals surface area (Å²) in [6, 6.07) is 8.76. The van der Waals surface area contributed by atoms with Crippen molar-refractivity contribution in [2.45, 2.75) is 39.0 Å². The predicted molar refractivity (Wildman–Crippen MR) is 63.6 cm³/mol. The topological polar surface area (TPSA) is 0 Å². The van der Waals surface area contributed by atoms with Gasteiger partial charge in [0, 0.05) is 4.90 Å². The number of hydrogen-bond acceptors (Lipinski definition) is 1. The number of benzene rings is 1. The first-order chi connectivity index (χ1) is 6.36. The molecule has 0 heterocycles. The molecule has 0 saturated carbocycles. The van der Waals surface area contributed by atoms with Gasteiger partial charge >= 0.3 is 0 Å². The summed E-state index contributed by atoms with van der Waals surface area (Å²) in [5.41, 5.74) is 1.43. The quantitative estimate of drug-likeness (QED) is 0.646. The number of thioether (sulfide) groups is 1. The smallest absolute Gasteiger partial charge is 0.00745 e. The van der Waals surface area contributed by atoms with Crippen molar-refractivity contribution in [2.24, 2.45) is 0 Å². The molecule has 0 aliphatic heterocycles. The summed E-state index contributed by atoms with van der Waals surface area (Å²) in [6.45, 7) is 8.37. The van der Waals surface area contributed by atoms with Gasteiger partial charge in [0.05, 0.1) is 0 Å². The fourth-order valence-electron chi connectivity index (χ4n) is 1.02. The Bertz CT molecular complexity index is 218. The van der Waals surface area contributed by atoms with Crippen molar-refractivity contribution in [3.63, 3.8) is 0 Å². The largest absolute Gasteiger partial charge is 0.126 e. The van der Waals surface area contributed by atoms with Crippen LogP contribution in [0.1, 0.15) is 33.3 Å². The van der Waals surface area contributed by atoms with Gasteiger partial charge in [-0.2, -0.15) is 0 Å². The molecule has 0 spiro atoms. The van der Waals surface area contributed by atoms with Crippen molar-refractivity contribution >= 4 is 11.8 Å². The maximum Gasteiger partial charge on any atom is 0.00745 e. The Hall–Kier alpha value is -0.430. The predicted octanol–water partition coefficient (Wildman–Crippen LogP) is 4.39. The highest BCUT2D eigenvalue weighted by Crippen LogP contribution is 2.18. The molecule has 0 nitrogen and oxygen atoms in total. The third kappa shape index (κ3) is 4.99. The van der Waals surface area contributed by atoms with E-state index in [1.807, 2.05) is 25.6 Å². The van der Waals surface area contributed by atoms with E-state index >= 15 is 0 Å². The van der Waals surface area contributed by atoms with Gasteiger partial charge in [-0.25, -0.2) is 0 Å². The summed E-state index contributed by atoms with van der Waals surface area (Å²) in [4.78, 5) is 1.40. The first-order valence-corrected chi connectivity index (χ1v) is 6.07. The molecular weight excluding hydrogens is 176 g/mol. The number of rotatable bonds is 3. The van der Waals surface area contributed by atoms with Crippen LogP contribution in [-0.2, 0) is 6.42 Å². The molecule has 74 valence electrons. The zero-order valence-corrected chi connectivity index (χ0v) is 9.95. The normalized spacial score (nSPS) is 8.92. The van der Waals surface area contributed by atoms with Crippen LogP contribution in [0.5, 0.6) is 0 Å². The Morgan fingerprint density at radius 3 is 2.38 bits per heavy atom. The Morgan fingerprint density at radius 1 is 1.15 bits per heavy atom.